The van der Waals surface area contributed by atoms with E-state index < -0.39 is 0 Å². The molecule has 8 heteroatoms. The molecule has 5 nitrogen and oxygen atoms in total. The van der Waals surface area contributed by atoms with Crippen molar-refractivity contribution >= 4 is 43.8 Å². The summed E-state index contributed by atoms with van der Waals surface area (Å²) in [7, 11) is 1.52. The van der Waals surface area contributed by atoms with Crippen molar-refractivity contribution in [2.75, 3.05) is 12.4 Å². The number of nitrogens with one attached hydrogen (secondary N) is 1. The van der Waals surface area contributed by atoms with Crippen LogP contribution in [0.1, 0.15) is 40.0 Å². The largest absolute Gasteiger partial charge is 0.380 e. The van der Waals surface area contributed by atoms with Crippen LogP contribution in [0.5, 0.6) is 0 Å². The van der Waals surface area contributed by atoms with Gasteiger partial charge in [-0.05, 0) is 12.1 Å². The van der Waals surface area contributed by atoms with Crippen LogP contribution in [0.4, 0.5) is 9.52 Å². The van der Waals surface area contributed by atoms with Crippen LogP contribution >= 0.6 is 22.7 Å². The third-order valence-electron chi connectivity index (χ3n) is 3.41. The minimum absolute atomic E-state index is 0.164. The molecule has 1 amide bonds. The second-order valence-corrected chi connectivity index (χ2v) is 7.57. The maximum Gasteiger partial charge on any atom is 0.267 e. The highest BCUT2D eigenvalue weighted by Gasteiger charge is 2.22. The van der Waals surface area contributed by atoms with Crippen LogP contribution < -0.4 is 5.32 Å². The molecule has 24 heavy (non-hydrogen) atoms. The highest BCUT2D eigenvalue weighted by atomic mass is 32.1. The van der Waals surface area contributed by atoms with Gasteiger partial charge < -0.3 is 4.74 Å². The van der Waals surface area contributed by atoms with E-state index in [4.69, 9.17) is 4.74 Å². The number of anilines is 1. The Labute approximate surface area is 146 Å². The molecule has 1 N–H and O–H groups in total. The molecule has 126 valence electrons. The van der Waals surface area contributed by atoms with Crippen LogP contribution in [-0.4, -0.2) is 23.2 Å². The Hall–Kier alpha value is -1.90. The lowest BCUT2D eigenvalue weighted by Crippen LogP contribution is -2.12. The maximum absolute atomic E-state index is 14.2. The molecule has 0 saturated carbocycles. The van der Waals surface area contributed by atoms with E-state index in [1.807, 2.05) is 13.8 Å². The van der Waals surface area contributed by atoms with E-state index in [0.717, 1.165) is 5.01 Å². The molecule has 0 fully saturated rings. The van der Waals surface area contributed by atoms with E-state index >= 15 is 0 Å². The molecule has 0 aliphatic heterocycles. The standard InChI is InChI=1S/C16H16FN3O2S2/c1-8(2)15-19-20-16(24-15)18-14(21)13-9(7-22-3)12-10(17)5-4-6-11(12)23-13/h4-6,8H,7H2,1-3H3,(H,18,20,21). The number of benzene rings is 1. The van der Waals surface area contributed by atoms with Crippen molar-refractivity contribution in [2.24, 2.45) is 0 Å². The molecular weight excluding hydrogens is 349 g/mol. The first-order chi connectivity index (χ1) is 11.5. The van der Waals surface area contributed by atoms with E-state index in [1.165, 1.54) is 35.8 Å². The van der Waals surface area contributed by atoms with Crippen LogP contribution in [0.25, 0.3) is 10.1 Å². The monoisotopic (exact) mass is 365 g/mol. The summed E-state index contributed by atoms with van der Waals surface area (Å²) >= 11 is 2.58. The molecule has 2 heterocycles. The van der Waals surface area contributed by atoms with Gasteiger partial charge in [-0.2, -0.15) is 0 Å². The summed E-state index contributed by atoms with van der Waals surface area (Å²) in [6.45, 7) is 4.19. The fourth-order valence-electron chi connectivity index (χ4n) is 2.31. The number of halogens is 1. The number of carbonyl (C=O) groups is 1. The van der Waals surface area contributed by atoms with E-state index in [9.17, 15) is 9.18 Å². The Bertz CT molecular complexity index is 889. The first kappa shape index (κ1) is 16.9. The number of nitrogens with zero attached hydrogens (tertiary/aromatic N) is 2. The predicted molar refractivity (Wildman–Crippen MR) is 94.4 cm³/mol. The molecule has 0 bridgehead atoms. The number of hydrogen-bond acceptors (Lipinski definition) is 6. The fraction of sp³-hybridized carbons (Fsp3) is 0.312. The molecule has 0 atom stereocenters. The molecule has 2 aromatic heterocycles. The Kier molecular flexibility index (Phi) is 4.88. The van der Waals surface area contributed by atoms with Gasteiger partial charge in [-0.3, -0.25) is 10.1 Å². The minimum Gasteiger partial charge on any atom is -0.380 e. The summed E-state index contributed by atoms with van der Waals surface area (Å²) in [6, 6.07) is 4.81. The molecule has 0 radical (unpaired) electrons. The average Bonchev–Trinajstić information content (AvgIpc) is 3.13. The lowest BCUT2D eigenvalue weighted by atomic mass is 10.1. The molecule has 0 aliphatic rings. The number of ether oxygens (including phenoxy) is 1. The quantitative estimate of drug-likeness (QED) is 0.727. The zero-order valence-corrected chi connectivity index (χ0v) is 15.1. The highest BCUT2D eigenvalue weighted by molar-refractivity contribution is 7.21. The number of amides is 1. The second-order valence-electron chi connectivity index (χ2n) is 5.51. The Balaban J connectivity index is 1.96. The van der Waals surface area contributed by atoms with Gasteiger partial charge in [0, 0.05) is 28.7 Å². The van der Waals surface area contributed by atoms with Gasteiger partial charge in [0.1, 0.15) is 10.8 Å². The zero-order valence-electron chi connectivity index (χ0n) is 13.4. The van der Waals surface area contributed by atoms with Crippen molar-refractivity contribution in [3.63, 3.8) is 0 Å². The van der Waals surface area contributed by atoms with Gasteiger partial charge in [-0.1, -0.05) is 31.3 Å². The summed E-state index contributed by atoms with van der Waals surface area (Å²) in [5, 5.41) is 12.5. The highest BCUT2D eigenvalue weighted by Crippen LogP contribution is 2.34. The number of thiophene rings is 1. The Morgan fingerprint density at radius 2 is 2.12 bits per heavy atom. The number of carbonyl (C=O) groups excluding carboxylic acids is 1. The number of hydrogen-bond donors (Lipinski definition) is 1. The predicted octanol–water partition coefficient (Wildman–Crippen LogP) is 4.41. The summed E-state index contributed by atoms with van der Waals surface area (Å²) < 4.78 is 20.0. The van der Waals surface area contributed by atoms with Crippen molar-refractivity contribution in [2.45, 2.75) is 26.4 Å². The molecule has 1 aromatic carbocycles. The van der Waals surface area contributed by atoms with E-state index in [2.05, 4.69) is 15.5 Å². The molecule has 3 rings (SSSR count). The van der Waals surface area contributed by atoms with E-state index in [0.29, 0.717) is 25.7 Å². The van der Waals surface area contributed by atoms with Gasteiger partial charge in [0.15, 0.2) is 0 Å². The van der Waals surface area contributed by atoms with Crippen LogP contribution in [0.3, 0.4) is 0 Å². The number of aromatic nitrogens is 2. The Morgan fingerprint density at radius 1 is 1.33 bits per heavy atom. The first-order valence-corrected chi connectivity index (χ1v) is 8.98. The molecule has 3 aromatic rings. The third-order valence-corrected chi connectivity index (χ3v) is 5.75. The van der Waals surface area contributed by atoms with Crippen molar-refractivity contribution < 1.29 is 13.9 Å². The van der Waals surface area contributed by atoms with E-state index in [-0.39, 0.29) is 24.2 Å². The van der Waals surface area contributed by atoms with Gasteiger partial charge in [-0.15, -0.1) is 21.5 Å². The van der Waals surface area contributed by atoms with E-state index in [1.54, 1.807) is 12.1 Å². The SMILES string of the molecule is COCc1c(C(=O)Nc2nnc(C(C)C)s2)sc2cccc(F)c12. The molecular formula is C16H16FN3O2S2. The van der Waals surface area contributed by atoms with Crippen molar-refractivity contribution in [3.05, 3.63) is 39.5 Å². The minimum atomic E-state index is -0.354. The van der Waals surface area contributed by atoms with Crippen LogP contribution in [0.15, 0.2) is 18.2 Å². The summed E-state index contributed by atoms with van der Waals surface area (Å²) in [5.74, 6) is -0.433. The number of fused-ring (bicyclic) bond motifs is 1. The normalized spacial score (nSPS) is 11.4. The summed E-state index contributed by atoms with van der Waals surface area (Å²) in [5.41, 5.74) is 0.557. The van der Waals surface area contributed by atoms with Crippen molar-refractivity contribution in [1.82, 2.24) is 10.2 Å². The zero-order chi connectivity index (χ0) is 17.3. The van der Waals surface area contributed by atoms with Crippen LogP contribution in [0.2, 0.25) is 0 Å². The first-order valence-electron chi connectivity index (χ1n) is 7.34. The van der Waals surface area contributed by atoms with Crippen molar-refractivity contribution in [1.29, 1.82) is 0 Å². The van der Waals surface area contributed by atoms with Crippen LogP contribution in [-0.2, 0) is 11.3 Å². The van der Waals surface area contributed by atoms with Gasteiger partial charge >= 0.3 is 0 Å². The summed E-state index contributed by atoms with van der Waals surface area (Å²) in [4.78, 5) is 13.1. The Morgan fingerprint density at radius 3 is 2.79 bits per heavy atom. The molecule has 0 unspecified atom stereocenters. The topological polar surface area (TPSA) is 64.1 Å². The second kappa shape index (κ2) is 6.92. The number of rotatable bonds is 5. The maximum atomic E-state index is 14.2. The summed E-state index contributed by atoms with van der Waals surface area (Å²) in [6.07, 6.45) is 0. The van der Waals surface area contributed by atoms with Crippen LogP contribution in [0, 0.1) is 5.82 Å². The van der Waals surface area contributed by atoms with Gasteiger partial charge in [-0.25, -0.2) is 4.39 Å². The third kappa shape index (κ3) is 3.17. The van der Waals surface area contributed by atoms with Gasteiger partial charge in [0.2, 0.25) is 5.13 Å². The smallest absolute Gasteiger partial charge is 0.267 e. The molecule has 0 spiro atoms. The lowest BCUT2D eigenvalue weighted by Gasteiger charge is -2.04. The van der Waals surface area contributed by atoms with Gasteiger partial charge in [0.05, 0.1) is 11.5 Å². The van der Waals surface area contributed by atoms with Crippen molar-refractivity contribution in [3.8, 4) is 0 Å². The average molecular weight is 365 g/mol. The number of methoxy groups -OCH3 is 1. The fourth-order valence-corrected chi connectivity index (χ4v) is 4.16. The molecule has 0 aliphatic carbocycles. The van der Waals surface area contributed by atoms with Gasteiger partial charge in [0.25, 0.3) is 5.91 Å². The molecule has 0 saturated heterocycles. The lowest BCUT2D eigenvalue weighted by molar-refractivity contribution is 0.102.